The molecule has 0 amide bonds. The number of hydrogen-bond donors (Lipinski definition) is 4. The first kappa shape index (κ1) is 16.7. The van der Waals surface area contributed by atoms with Crippen LogP contribution in [0.25, 0.3) is 0 Å². The number of nitrogens with zero attached hydrogens (tertiary/aromatic N) is 1. The SMILES string of the molecule is O=Cc1cn([C@H]2C[C@H](O)[C@@H](COP(=O)(O)O)O2)c(=O)[nH]c1=O. The Bertz CT molecular complexity index is 720. The van der Waals surface area contributed by atoms with Crippen molar-refractivity contribution in [1.82, 2.24) is 9.55 Å². The number of carbonyl (C=O) groups is 1. The number of aromatic amines is 1. The maximum Gasteiger partial charge on any atom is 0.469 e. The van der Waals surface area contributed by atoms with Gasteiger partial charge in [-0.3, -0.25) is 23.7 Å². The molecule has 0 aliphatic carbocycles. The fraction of sp³-hybridized carbons (Fsp3) is 0.500. The standard InChI is InChI=1S/C10H13N2O9P/c13-3-5-2-12(10(16)11-9(5)15)8-1-6(14)7(21-8)4-20-22(17,18)19/h2-3,6-8,14H,1,4H2,(H,11,15,16)(H2,17,18,19)/t6-,7+,8+/m0/s1. The number of nitrogens with one attached hydrogen (secondary N) is 1. The highest BCUT2D eigenvalue weighted by Crippen LogP contribution is 2.38. The lowest BCUT2D eigenvalue weighted by Gasteiger charge is -2.16. The predicted octanol–water partition coefficient (Wildman–Crippen LogP) is -1.89. The van der Waals surface area contributed by atoms with Gasteiger partial charge >= 0.3 is 13.5 Å². The van der Waals surface area contributed by atoms with Crippen molar-refractivity contribution in [2.75, 3.05) is 6.61 Å². The zero-order valence-electron chi connectivity index (χ0n) is 11.0. The maximum absolute atomic E-state index is 11.7. The molecule has 0 radical (unpaired) electrons. The van der Waals surface area contributed by atoms with Gasteiger partial charge < -0.3 is 19.6 Å². The van der Waals surface area contributed by atoms with Crippen LogP contribution in [0.4, 0.5) is 0 Å². The first-order chi connectivity index (χ1) is 10.2. The van der Waals surface area contributed by atoms with Crippen LogP contribution in [-0.2, 0) is 13.8 Å². The van der Waals surface area contributed by atoms with E-state index in [0.717, 1.165) is 10.8 Å². The summed E-state index contributed by atoms with van der Waals surface area (Å²) in [6.07, 6.45) is -2.07. The fourth-order valence-electron chi connectivity index (χ4n) is 2.01. The third-order valence-electron chi connectivity index (χ3n) is 3.04. The summed E-state index contributed by atoms with van der Waals surface area (Å²) < 4.78 is 21.1. The van der Waals surface area contributed by atoms with Crippen molar-refractivity contribution in [1.29, 1.82) is 0 Å². The van der Waals surface area contributed by atoms with E-state index in [0.29, 0.717) is 0 Å². The van der Waals surface area contributed by atoms with Crippen LogP contribution in [0.3, 0.4) is 0 Å². The van der Waals surface area contributed by atoms with Gasteiger partial charge in [0.25, 0.3) is 5.56 Å². The number of ether oxygens (including phenoxy) is 1. The summed E-state index contributed by atoms with van der Waals surface area (Å²) in [4.78, 5) is 52.8. The van der Waals surface area contributed by atoms with Crippen molar-refractivity contribution in [2.45, 2.75) is 24.9 Å². The number of carbonyl (C=O) groups excluding carboxylic acids is 1. The Hall–Kier alpha value is -1.62. The monoisotopic (exact) mass is 336 g/mol. The van der Waals surface area contributed by atoms with E-state index in [9.17, 15) is 24.1 Å². The van der Waals surface area contributed by atoms with Crippen LogP contribution in [0.1, 0.15) is 23.0 Å². The number of aliphatic hydroxyl groups excluding tert-OH is 1. The molecule has 1 aromatic rings. The predicted molar refractivity (Wildman–Crippen MR) is 69.2 cm³/mol. The van der Waals surface area contributed by atoms with E-state index < -0.39 is 44.1 Å². The summed E-state index contributed by atoms with van der Waals surface area (Å²) in [6, 6.07) is 0. The zero-order valence-corrected chi connectivity index (χ0v) is 11.9. The summed E-state index contributed by atoms with van der Waals surface area (Å²) in [5.74, 6) is 0. The molecule has 11 nitrogen and oxygen atoms in total. The second-order valence-corrected chi connectivity index (χ2v) is 5.83. The number of rotatable bonds is 5. The minimum atomic E-state index is -4.72. The lowest BCUT2D eigenvalue weighted by Crippen LogP contribution is -2.34. The van der Waals surface area contributed by atoms with E-state index in [-0.39, 0.29) is 18.3 Å². The molecule has 1 fully saturated rings. The van der Waals surface area contributed by atoms with Crippen LogP contribution >= 0.6 is 7.82 Å². The molecule has 122 valence electrons. The Morgan fingerprint density at radius 1 is 1.50 bits per heavy atom. The van der Waals surface area contributed by atoms with Crippen molar-refractivity contribution in [3.05, 3.63) is 32.6 Å². The maximum atomic E-state index is 11.7. The lowest BCUT2D eigenvalue weighted by atomic mass is 10.2. The van der Waals surface area contributed by atoms with Gasteiger partial charge in [0.15, 0.2) is 6.29 Å². The van der Waals surface area contributed by atoms with Gasteiger partial charge in [-0.25, -0.2) is 9.36 Å². The van der Waals surface area contributed by atoms with Crippen molar-refractivity contribution in [2.24, 2.45) is 0 Å². The molecule has 3 atom stereocenters. The van der Waals surface area contributed by atoms with Crippen molar-refractivity contribution >= 4 is 14.1 Å². The molecule has 1 aliphatic rings. The Morgan fingerprint density at radius 2 is 2.18 bits per heavy atom. The molecule has 1 aliphatic heterocycles. The largest absolute Gasteiger partial charge is 0.469 e. The average Bonchev–Trinajstić information content (AvgIpc) is 2.77. The molecule has 0 unspecified atom stereocenters. The van der Waals surface area contributed by atoms with Crippen molar-refractivity contribution in [3.63, 3.8) is 0 Å². The van der Waals surface area contributed by atoms with Crippen LogP contribution in [-0.4, -0.2) is 49.5 Å². The second-order valence-electron chi connectivity index (χ2n) is 4.59. The highest BCUT2D eigenvalue weighted by molar-refractivity contribution is 7.46. The van der Waals surface area contributed by atoms with E-state index >= 15 is 0 Å². The van der Waals surface area contributed by atoms with Gasteiger partial charge in [0.05, 0.1) is 18.3 Å². The summed E-state index contributed by atoms with van der Waals surface area (Å²) in [5, 5.41) is 9.77. The Labute approximate surface area is 122 Å². The topological polar surface area (TPSA) is 168 Å². The highest BCUT2D eigenvalue weighted by Gasteiger charge is 2.37. The van der Waals surface area contributed by atoms with Gasteiger partial charge in [0.2, 0.25) is 0 Å². The van der Waals surface area contributed by atoms with E-state index in [1.807, 2.05) is 4.98 Å². The molecule has 1 aromatic heterocycles. The highest BCUT2D eigenvalue weighted by atomic mass is 31.2. The summed E-state index contributed by atoms with van der Waals surface area (Å²) in [7, 11) is -4.72. The summed E-state index contributed by atoms with van der Waals surface area (Å²) in [5.41, 5.74) is -1.99. The van der Waals surface area contributed by atoms with Crippen molar-refractivity contribution in [3.8, 4) is 0 Å². The number of aliphatic hydroxyl groups is 1. The zero-order chi connectivity index (χ0) is 16.5. The lowest BCUT2D eigenvalue weighted by molar-refractivity contribution is -0.0451. The normalized spacial score (nSPS) is 25.3. The van der Waals surface area contributed by atoms with Gasteiger partial charge in [0.1, 0.15) is 12.3 Å². The van der Waals surface area contributed by atoms with E-state index in [4.69, 9.17) is 14.5 Å². The summed E-state index contributed by atoms with van der Waals surface area (Å²) in [6.45, 7) is -0.583. The first-order valence-corrected chi connectivity index (χ1v) is 7.58. The minimum Gasteiger partial charge on any atom is -0.390 e. The number of phosphoric acid groups is 1. The van der Waals surface area contributed by atoms with Crippen LogP contribution in [0.5, 0.6) is 0 Å². The average molecular weight is 336 g/mol. The van der Waals surface area contributed by atoms with Gasteiger partial charge in [-0.1, -0.05) is 0 Å². The van der Waals surface area contributed by atoms with Gasteiger partial charge in [-0.15, -0.1) is 0 Å². The van der Waals surface area contributed by atoms with Crippen molar-refractivity contribution < 1.29 is 33.5 Å². The molecule has 2 heterocycles. The Kier molecular flexibility index (Phi) is 4.75. The Balaban J connectivity index is 2.19. The molecule has 1 saturated heterocycles. The third kappa shape index (κ3) is 3.77. The Morgan fingerprint density at radius 3 is 2.77 bits per heavy atom. The fourth-order valence-corrected chi connectivity index (χ4v) is 2.35. The number of H-pyrrole nitrogens is 1. The smallest absolute Gasteiger partial charge is 0.390 e. The molecule has 12 heteroatoms. The quantitative estimate of drug-likeness (QED) is 0.354. The van der Waals surface area contributed by atoms with Gasteiger partial charge in [0, 0.05) is 12.6 Å². The van der Waals surface area contributed by atoms with Crippen LogP contribution in [0.2, 0.25) is 0 Å². The second kappa shape index (κ2) is 6.24. The number of phosphoric ester groups is 1. The summed E-state index contributed by atoms with van der Waals surface area (Å²) >= 11 is 0. The van der Waals surface area contributed by atoms with E-state index in [2.05, 4.69) is 4.52 Å². The van der Waals surface area contributed by atoms with E-state index in [1.54, 1.807) is 0 Å². The number of hydrogen-bond acceptors (Lipinski definition) is 7. The number of aromatic nitrogens is 2. The molecule has 0 saturated carbocycles. The third-order valence-corrected chi connectivity index (χ3v) is 3.53. The molecule has 2 rings (SSSR count). The van der Waals surface area contributed by atoms with Gasteiger partial charge in [-0.05, 0) is 0 Å². The van der Waals surface area contributed by atoms with Gasteiger partial charge in [-0.2, -0.15) is 0 Å². The molecule has 4 N–H and O–H groups in total. The van der Waals surface area contributed by atoms with Crippen LogP contribution in [0.15, 0.2) is 15.8 Å². The van der Waals surface area contributed by atoms with Crippen LogP contribution in [0, 0.1) is 0 Å². The molecular formula is C10H13N2O9P. The molecule has 0 aromatic carbocycles. The molecular weight excluding hydrogens is 323 g/mol. The molecule has 0 spiro atoms. The first-order valence-electron chi connectivity index (χ1n) is 6.05. The number of aldehydes is 1. The molecule has 22 heavy (non-hydrogen) atoms. The minimum absolute atomic E-state index is 0.0839. The van der Waals surface area contributed by atoms with E-state index in [1.165, 1.54) is 0 Å². The molecule has 0 bridgehead atoms. The van der Waals surface area contributed by atoms with Crippen LogP contribution < -0.4 is 11.2 Å².